The van der Waals surface area contributed by atoms with Gasteiger partial charge in [-0.1, -0.05) is 6.42 Å². The molecule has 1 aliphatic rings. The van der Waals surface area contributed by atoms with Crippen molar-refractivity contribution in [1.82, 2.24) is 9.88 Å². The fourth-order valence-electron chi connectivity index (χ4n) is 2.25. The molecule has 0 aromatic carbocycles. The van der Waals surface area contributed by atoms with Gasteiger partial charge in [0.15, 0.2) is 0 Å². The summed E-state index contributed by atoms with van der Waals surface area (Å²) >= 11 is 0. The summed E-state index contributed by atoms with van der Waals surface area (Å²) in [5.41, 5.74) is 1.20. The Balaban J connectivity index is 2.00. The Bertz CT molecular complexity index is 389. The van der Waals surface area contributed by atoms with Crippen molar-refractivity contribution in [2.45, 2.75) is 38.8 Å². The zero-order valence-electron chi connectivity index (χ0n) is 10.1. The lowest BCUT2D eigenvalue weighted by molar-refractivity contribution is 0.0696. The molecule has 0 aliphatic carbocycles. The van der Waals surface area contributed by atoms with Crippen molar-refractivity contribution in [3.05, 3.63) is 29.6 Å². The predicted molar refractivity (Wildman–Crippen MR) is 64.9 cm³/mol. The highest BCUT2D eigenvalue weighted by Gasteiger charge is 2.18. The SMILES string of the molecule is CC1CCCCN1Cc1ccc(C(=O)O)cn1. The molecule has 1 atom stereocenters. The molecule has 4 heteroatoms. The van der Waals surface area contributed by atoms with Gasteiger partial charge in [-0.15, -0.1) is 0 Å². The van der Waals surface area contributed by atoms with Crippen LogP contribution in [0.1, 0.15) is 42.2 Å². The highest BCUT2D eigenvalue weighted by Crippen LogP contribution is 2.18. The first-order valence-corrected chi connectivity index (χ1v) is 6.09. The number of carbonyl (C=O) groups is 1. The largest absolute Gasteiger partial charge is 0.478 e. The van der Waals surface area contributed by atoms with Gasteiger partial charge in [-0.3, -0.25) is 9.88 Å². The summed E-state index contributed by atoms with van der Waals surface area (Å²) in [5, 5.41) is 8.79. The lowest BCUT2D eigenvalue weighted by atomic mass is 10.0. The third kappa shape index (κ3) is 3.03. The Kier molecular flexibility index (Phi) is 3.74. The third-order valence-corrected chi connectivity index (χ3v) is 3.38. The van der Waals surface area contributed by atoms with Gasteiger partial charge in [0, 0.05) is 18.8 Å². The number of aromatic nitrogens is 1. The number of nitrogens with zero attached hydrogens (tertiary/aromatic N) is 2. The average molecular weight is 234 g/mol. The molecule has 0 saturated carbocycles. The van der Waals surface area contributed by atoms with Crippen LogP contribution < -0.4 is 0 Å². The Morgan fingerprint density at radius 3 is 2.94 bits per heavy atom. The minimum absolute atomic E-state index is 0.250. The van der Waals surface area contributed by atoms with Crippen LogP contribution in [-0.4, -0.2) is 33.5 Å². The third-order valence-electron chi connectivity index (χ3n) is 3.38. The van der Waals surface area contributed by atoms with Gasteiger partial charge in [-0.25, -0.2) is 4.79 Å². The van der Waals surface area contributed by atoms with Crippen molar-refractivity contribution >= 4 is 5.97 Å². The number of piperidine rings is 1. The molecule has 0 bridgehead atoms. The summed E-state index contributed by atoms with van der Waals surface area (Å²) in [7, 11) is 0. The van der Waals surface area contributed by atoms with Crippen molar-refractivity contribution in [3.8, 4) is 0 Å². The van der Waals surface area contributed by atoms with Gasteiger partial charge in [0.05, 0.1) is 11.3 Å². The summed E-state index contributed by atoms with van der Waals surface area (Å²) in [6.07, 6.45) is 5.24. The van der Waals surface area contributed by atoms with E-state index in [1.54, 1.807) is 6.07 Å². The number of hydrogen-bond donors (Lipinski definition) is 1. The lowest BCUT2D eigenvalue weighted by Crippen LogP contribution is -2.36. The second-order valence-electron chi connectivity index (χ2n) is 4.66. The number of hydrogen-bond acceptors (Lipinski definition) is 3. The molecule has 92 valence electrons. The molecule has 1 unspecified atom stereocenters. The number of carboxylic acids is 1. The first-order valence-electron chi connectivity index (χ1n) is 6.09. The van der Waals surface area contributed by atoms with E-state index in [9.17, 15) is 4.79 Å². The molecule has 1 aliphatic heterocycles. The molecule has 0 amide bonds. The van der Waals surface area contributed by atoms with Gasteiger partial charge in [-0.2, -0.15) is 0 Å². The monoisotopic (exact) mass is 234 g/mol. The summed E-state index contributed by atoms with van der Waals surface area (Å²) in [4.78, 5) is 17.3. The van der Waals surface area contributed by atoms with E-state index in [1.165, 1.54) is 25.5 Å². The zero-order chi connectivity index (χ0) is 12.3. The number of likely N-dealkylation sites (tertiary alicyclic amines) is 1. The van der Waals surface area contributed by atoms with Gasteiger partial charge in [0.1, 0.15) is 0 Å². The topological polar surface area (TPSA) is 53.4 Å². The maximum Gasteiger partial charge on any atom is 0.337 e. The summed E-state index contributed by atoms with van der Waals surface area (Å²) in [6.45, 7) is 4.18. The molecule has 0 spiro atoms. The second-order valence-corrected chi connectivity index (χ2v) is 4.66. The predicted octanol–water partition coefficient (Wildman–Crippen LogP) is 2.15. The molecule has 1 fully saturated rings. The van der Waals surface area contributed by atoms with E-state index >= 15 is 0 Å². The number of pyridine rings is 1. The Labute approximate surface area is 101 Å². The molecule has 4 nitrogen and oxygen atoms in total. The molecular weight excluding hydrogens is 216 g/mol. The van der Waals surface area contributed by atoms with Crippen molar-refractivity contribution in [2.24, 2.45) is 0 Å². The highest BCUT2D eigenvalue weighted by molar-refractivity contribution is 5.87. The molecule has 1 aromatic rings. The van der Waals surface area contributed by atoms with E-state index in [0.29, 0.717) is 6.04 Å². The first-order chi connectivity index (χ1) is 8.16. The van der Waals surface area contributed by atoms with E-state index in [4.69, 9.17) is 5.11 Å². The van der Waals surface area contributed by atoms with Gasteiger partial charge in [0.2, 0.25) is 0 Å². The van der Waals surface area contributed by atoms with Crippen LogP contribution in [0.2, 0.25) is 0 Å². The number of rotatable bonds is 3. The Hall–Kier alpha value is -1.42. The summed E-state index contributed by atoms with van der Waals surface area (Å²) < 4.78 is 0. The fourth-order valence-corrected chi connectivity index (χ4v) is 2.25. The zero-order valence-corrected chi connectivity index (χ0v) is 10.1. The van der Waals surface area contributed by atoms with Crippen LogP contribution in [0.4, 0.5) is 0 Å². The van der Waals surface area contributed by atoms with Crippen molar-refractivity contribution in [3.63, 3.8) is 0 Å². The number of aromatic carboxylic acids is 1. The van der Waals surface area contributed by atoms with E-state index in [-0.39, 0.29) is 5.56 Å². The van der Waals surface area contributed by atoms with Crippen LogP contribution in [0, 0.1) is 0 Å². The van der Waals surface area contributed by atoms with Crippen molar-refractivity contribution in [2.75, 3.05) is 6.54 Å². The molecule has 1 N–H and O–H groups in total. The Morgan fingerprint density at radius 1 is 1.53 bits per heavy atom. The normalized spacial score (nSPS) is 21.4. The van der Waals surface area contributed by atoms with Gasteiger partial charge in [-0.05, 0) is 38.4 Å². The Morgan fingerprint density at radius 2 is 2.35 bits per heavy atom. The smallest absolute Gasteiger partial charge is 0.337 e. The van der Waals surface area contributed by atoms with E-state index < -0.39 is 5.97 Å². The molecule has 2 heterocycles. The molecule has 2 rings (SSSR count). The maximum atomic E-state index is 10.7. The second kappa shape index (κ2) is 5.27. The number of carboxylic acid groups (broad SMARTS) is 1. The van der Waals surface area contributed by atoms with Crippen molar-refractivity contribution < 1.29 is 9.90 Å². The van der Waals surface area contributed by atoms with E-state index in [1.807, 2.05) is 6.07 Å². The first kappa shape index (κ1) is 12.0. The van der Waals surface area contributed by atoms with Gasteiger partial charge < -0.3 is 5.11 Å². The minimum Gasteiger partial charge on any atom is -0.478 e. The summed E-state index contributed by atoms with van der Waals surface area (Å²) in [5.74, 6) is -0.921. The van der Waals surface area contributed by atoms with E-state index in [0.717, 1.165) is 18.8 Å². The van der Waals surface area contributed by atoms with Gasteiger partial charge in [0.25, 0.3) is 0 Å². The van der Waals surface area contributed by atoms with Crippen LogP contribution in [0.3, 0.4) is 0 Å². The average Bonchev–Trinajstić information content (AvgIpc) is 2.33. The maximum absolute atomic E-state index is 10.7. The van der Waals surface area contributed by atoms with Gasteiger partial charge >= 0.3 is 5.97 Å². The standard InChI is InChI=1S/C13H18N2O2/c1-10-4-2-3-7-15(10)9-12-6-5-11(8-14-12)13(16)17/h5-6,8,10H,2-4,7,9H2,1H3,(H,16,17). The fraction of sp³-hybridized carbons (Fsp3) is 0.538. The minimum atomic E-state index is -0.921. The van der Waals surface area contributed by atoms with E-state index in [2.05, 4.69) is 16.8 Å². The lowest BCUT2D eigenvalue weighted by Gasteiger charge is -2.32. The van der Waals surface area contributed by atoms with Crippen LogP contribution in [-0.2, 0) is 6.54 Å². The highest BCUT2D eigenvalue weighted by atomic mass is 16.4. The van der Waals surface area contributed by atoms with Crippen LogP contribution in [0.5, 0.6) is 0 Å². The molecule has 17 heavy (non-hydrogen) atoms. The summed E-state index contributed by atoms with van der Waals surface area (Å²) in [6, 6.07) is 4.04. The molecule has 1 saturated heterocycles. The molecule has 1 aromatic heterocycles. The molecule has 0 radical (unpaired) electrons. The van der Waals surface area contributed by atoms with Crippen LogP contribution >= 0.6 is 0 Å². The van der Waals surface area contributed by atoms with Crippen LogP contribution in [0.25, 0.3) is 0 Å². The quantitative estimate of drug-likeness (QED) is 0.870. The molecular formula is C13H18N2O2. The van der Waals surface area contributed by atoms with Crippen molar-refractivity contribution in [1.29, 1.82) is 0 Å². The van der Waals surface area contributed by atoms with Crippen LogP contribution in [0.15, 0.2) is 18.3 Å².